The maximum absolute atomic E-state index is 14.4. The molecule has 1 aromatic carbocycles. The number of piperidine rings is 1. The van der Waals surface area contributed by atoms with Gasteiger partial charge in [-0.1, -0.05) is 38.5 Å². The zero-order valence-corrected chi connectivity index (χ0v) is 45.9. The zero-order chi connectivity index (χ0) is 58.0. The Kier molecular flexibility index (Phi) is 23.5. The molecule has 7 atom stereocenters. The number of likely N-dealkylation sites (tertiary alicyclic amines) is 1. The highest BCUT2D eigenvalue weighted by molar-refractivity contribution is 6.08. The van der Waals surface area contributed by atoms with E-state index in [1.54, 1.807) is 6.92 Å². The van der Waals surface area contributed by atoms with Crippen molar-refractivity contribution in [3.63, 3.8) is 0 Å². The van der Waals surface area contributed by atoms with Crippen LogP contribution in [0, 0.1) is 11.8 Å². The number of ether oxygens (including phenoxy) is 2. The largest absolute Gasteiger partial charge is 0.481 e. The number of hydrogen-bond acceptors (Lipinski definition) is 17. The summed E-state index contributed by atoms with van der Waals surface area (Å²) in [7, 11) is 1.35. The first kappa shape index (κ1) is 62.4. The molecule has 0 radical (unpaired) electrons. The Morgan fingerprint density at radius 1 is 0.688 bits per heavy atom. The first-order chi connectivity index (χ1) is 38.2. The molecule has 3 fully saturated rings. The van der Waals surface area contributed by atoms with E-state index >= 15 is 0 Å². The summed E-state index contributed by atoms with van der Waals surface area (Å²) in [5, 5.41) is 44.4. The van der Waals surface area contributed by atoms with Gasteiger partial charge in [-0.25, -0.2) is 0 Å². The summed E-state index contributed by atoms with van der Waals surface area (Å²) in [6.07, 6.45) is 0.747. The van der Waals surface area contributed by atoms with E-state index < -0.39 is 108 Å². The van der Waals surface area contributed by atoms with Crippen molar-refractivity contribution in [1.29, 1.82) is 0 Å². The SMILES string of the molecule is CC[C@H](C)[C@H](NC(=O)CCNC(=O)CCNC(=O)[C@@H](CCC(=O)O)NC(=O)CN1CCC(CN2CCN(CC(=O)O)CCN(CC(=O)O)CC2)CC1)C(=O)N[C@H]1CCc2cccc3c2N(C1=O)[C@H](C(=O)N[C@H]1CC(=O)O[C@H]1OC)C3. The van der Waals surface area contributed by atoms with Crippen molar-refractivity contribution < 1.29 is 77.5 Å². The molecule has 0 aromatic heterocycles. The van der Waals surface area contributed by atoms with Crippen molar-refractivity contribution in [1.82, 2.24) is 51.5 Å². The summed E-state index contributed by atoms with van der Waals surface area (Å²) in [6, 6.07) is 0.517. The van der Waals surface area contributed by atoms with Crippen LogP contribution in [-0.4, -0.2) is 235 Å². The molecular weight excluding hydrogens is 1050 g/mol. The van der Waals surface area contributed by atoms with Gasteiger partial charge in [-0.15, -0.1) is 0 Å². The van der Waals surface area contributed by atoms with Crippen LogP contribution in [0.25, 0.3) is 0 Å². The number of aryl methyl sites for hydroxylation is 1. The van der Waals surface area contributed by atoms with Crippen LogP contribution in [0.5, 0.6) is 0 Å². The Bertz CT molecular complexity index is 2390. The molecule has 27 heteroatoms. The lowest BCUT2D eigenvalue weighted by Crippen LogP contribution is -2.59. The van der Waals surface area contributed by atoms with Crippen LogP contribution in [0.15, 0.2) is 18.2 Å². The summed E-state index contributed by atoms with van der Waals surface area (Å²) in [4.78, 5) is 150. The number of nitrogens with one attached hydrogen (secondary N) is 6. The first-order valence-electron chi connectivity index (χ1n) is 27.7. The van der Waals surface area contributed by atoms with Crippen molar-refractivity contribution >= 4 is 70.9 Å². The standard InChI is InChI=1S/C53H79N11O16/c1-4-32(2)47(51(77)57-37-9-8-34-6-5-7-35-26-39(64(48(34)35)52(37)78)50(76)58-38-27-46(74)80-53(38)79-3)59-41(66)13-16-54-40(65)12-17-55-49(75)36(10-11-43(68)69)56-42(67)29-60-18-14-33(15-19-60)28-61-20-22-62(30-44(70)71)24-25-63(23-21-61)31-45(72)73/h5-7,32-33,36-39,47,53H,4,8-31H2,1-3H3,(H,54,65)(H,55,75)(H,56,67)(H,57,77)(H,58,76)(H,59,66)(H,68,69)(H,70,71)(H,72,73)/t32-,36+,37-,38-,39-,47-,53+/m0/s1. The number of amides is 7. The molecule has 0 spiro atoms. The highest BCUT2D eigenvalue weighted by Gasteiger charge is 2.46. The molecule has 9 N–H and O–H groups in total. The van der Waals surface area contributed by atoms with E-state index in [1.165, 1.54) is 12.0 Å². The maximum atomic E-state index is 14.4. The van der Waals surface area contributed by atoms with Crippen molar-refractivity contribution in [2.45, 2.75) is 121 Å². The van der Waals surface area contributed by atoms with Crippen molar-refractivity contribution in [2.24, 2.45) is 11.8 Å². The number of carboxylic acid groups (broad SMARTS) is 3. The van der Waals surface area contributed by atoms with Crippen LogP contribution in [0.3, 0.4) is 0 Å². The Hall–Kier alpha value is -6.81. The molecule has 6 rings (SSSR count). The predicted molar refractivity (Wildman–Crippen MR) is 284 cm³/mol. The number of hydrogen-bond donors (Lipinski definition) is 9. The summed E-state index contributed by atoms with van der Waals surface area (Å²) in [5.74, 6) is -7.52. The Balaban J connectivity index is 0.919. The van der Waals surface area contributed by atoms with Crippen LogP contribution in [0.4, 0.5) is 5.69 Å². The van der Waals surface area contributed by atoms with E-state index in [1.807, 2.05) is 39.8 Å². The summed E-state index contributed by atoms with van der Waals surface area (Å²) < 4.78 is 10.4. The van der Waals surface area contributed by atoms with Gasteiger partial charge in [0.2, 0.25) is 47.6 Å². The van der Waals surface area contributed by atoms with E-state index in [0.717, 1.165) is 30.5 Å². The Morgan fingerprint density at radius 2 is 1.30 bits per heavy atom. The van der Waals surface area contributed by atoms with Gasteiger partial charge in [0.25, 0.3) is 0 Å². The van der Waals surface area contributed by atoms with Crippen LogP contribution in [0.1, 0.15) is 82.8 Å². The van der Waals surface area contributed by atoms with Gasteiger partial charge in [0.05, 0.1) is 31.7 Å². The third-order valence-electron chi connectivity index (χ3n) is 15.5. The number of carboxylic acids is 3. The van der Waals surface area contributed by atoms with E-state index in [9.17, 15) is 68.1 Å². The number of carbonyl (C=O) groups is 11. The fourth-order valence-electron chi connectivity index (χ4n) is 10.9. The van der Waals surface area contributed by atoms with E-state index in [0.29, 0.717) is 70.9 Å². The number of anilines is 1. The van der Waals surface area contributed by atoms with Gasteiger partial charge >= 0.3 is 23.9 Å². The topological polar surface area (TPSA) is 355 Å². The number of benzene rings is 1. The third kappa shape index (κ3) is 18.4. The average Bonchev–Trinajstić information content (AvgIpc) is 4.06. The van der Waals surface area contributed by atoms with Crippen molar-refractivity contribution in [3.8, 4) is 0 Å². The monoisotopic (exact) mass is 1130 g/mol. The molecule has 0 unspecified atom stereocenters. The number of cyclic esters (lactones) is 1. The summed E-state index contributed by atoms with van der Waals surface area (Å²) in [6.45, 7) is 8.14. The van der Waals surface area contributed by atoms with Crippen molar-refractivity contribution in [3.05, 3.63) is 29.3 Å². The highest BCUT2D eigenvalue weighted by Crippen LogP contribution is 2.39. The first-order valence-corrected chi connectivity index (χ1v) is 27.7. The van der Waals surface area contributed by atoms with E-state index in [2.05, 4.69) is 36.8 Å². The Labute approximate surface area is 464 Å². The van der Waals surface area contributed by atoms with Crippen molar-refractivity contribution in [2.75, 3.05) is 104 Å². The summed E-state index contributed by atoms with van der Waals surface area (Å²) >= 11 is 0. The lowest BCUT2D eigenvalue weighted by Gasteiger charge is -2.35. The highest BCUT2D eigenvalue weighted by atomic mass is 16.7. The molecule has 5 aliphatic heterocycles. The number of carbonyl (C=O) groups excluding carboxylic acids is 8. The van der Waals surface area contributed by atoms with E-state index in [-0.39, 0.29) is 83.1 Å². The second-order valence-electron chi connectivity index (χ2n) is 21.4. The average molecular weight is 1130 g/mol. The van der Waals surface area contributed by atoms with Crippen LogP contribution < -0.4 is 36.8 Å². The molecule has 5 heterocycles. The molecule has 1 aromatic rings. The van der Waals surface area contributed by atoms with Gasteiger partial charge in [-0.3, -0.25) is 72.3 Å². The fraction of sp³-hybridized carbons (Fsp3) is 0.679. The minimum absolute atomic E-state index is 0.0308. The molecule has 442 valence electrons. The van der Waals surface area contributed by atoms with Crippen LogP contribution in [-0.2, 0) is 75.1 Å². The molecule has 0 bridgehead atoms. The fourth-order valence-corrected chi connectivity index (χ4v) is 10.9. The summed E-state index contributed by atoms with van der Waals surface area (Å²) in [5.41, 5.74) is 2.23. The molecule has 27 nitrogen and oxygen atoms in total. The maximum Gasteiger partial charge on any atom is 0.317 e. The normalized spacial score (nSPS) is 22.4. The van der Waals surface area contributed by atoms with E-state index in [4.69, 9.17) is 9.47 Å². The van der Waals surface area contributed by atoms with Gasteiger partial charge in [0, 0.05) is 91.7 Å². The molecule has 0 aliphatic carbocycles. The van der Waals surface area contributed by atoms with Gasteiger partial charge < -0.3 is 61.6 Å². The lowest BCUT2D eigenvalue weighted by atomic mass is 9.96. The molecule has 7 amide bonds. The molecule has 5 aliphatic rings. The third-order valence-corrected chi connectivity index (χ3v) is 15.5. The number of rotatable bonds is 27. The van der Waals surface area contributed by atoms with Crippen LogP contribution >= 0.6 is 0 Å². The molecular formula is C53H79N11O16. The lowest BCUT2D eigenvalue weighted by molar-refractivity contribution is -0.160. The number of methoxy groups -OCH3 is 1. The number of nitrogens with zero attached hydrogens (tertiary/aromatic N) is 5. The number of esters is 1. The van der Waals surface area contributed by atoms with Crippen LogP contribution in [0.2, 0.25) is 0 Å². The minimum atomic E-state index is -1.19. The number of aliphatic carboxylic acids is 3. The molecule has 0 saturated carbocycles. The number of para-hydroxylation sites is 1. The van der Waals surface area contributed by atoms with Gasteiger partial charge in [-0.2, -0.15) is 0 Å². The smallest absolute Gasteiger partial charge is 0.317 e. The van der Waals surface area contributed by atoms with Gasteiger partial charge in [0.1, 0.15) is 30.2 Å². The Morgan fingerprint density at radius 3 is 1.93 bits per heavy atom. The molecule has 80 heavy (non-hydrogen) atoms. The minimum Gasteiger partial charge on any atom is -0.481 e. The zero-order valence-electron chi connectivity index (χ0n) is 45.9. The second-order valence-corrected chi connectivity index (χ2v) is 21.4. The quantitative estimate of drug-likeness (QED) is 0.0410. The van der Waals surface area contributed by atoms with Gasteiger partial charge in [-0.05, 0) is 68.2 Å². The second kappa shape index (κ2) is 30.1. The molecule has 3 saturated heterocycles. The van der Waals surface area contributed by atoms with Gasteiger partial charge in [0.15, 0.2) is 0 Å². The predicted octanol–water partition coefficient (Wildman–Crippen LogP) is -2.53.